The van der Waals surface area contributed by atoms with Crippen molar-refractivity contribution in [2.45, 2.75) is 0 Å². The van der Waals surface area contributed by atoms with E-state index in [1.807, 2.05) is 53.7 Å². The standard InChI is InChI=1S/C14H12N2OS/c1-16(13-7-4-8-18-13)14-11(9-17)10-5-2-3-6-12(10)15-14/h2-9,15H,1H3. The van der Waals surface area contributed by atoms with Crippen LogP contribution in [0, 0.1) is 0 Å². The molecule has 0 amide bonds. The zero-order valence-corrected chi connectivity index (χ0v) is 10.7. The maximum Gasteiger partial charge on any atom is 0.154 e. The molecule has 0 aliphatic carbocycles. The molecule has 90 valence electrons. The lowest BCUT2D eigenvalue weighted by Crippen LogP contribution is -2.09. The molecule has 4 heteroatoms. The van der Waals surface area contributed by atoms with Crippen molar-refractivity contribution >= 4 is 39.3 Å². The van der Waals surface area contributed by atoms with Crippen molar-refractivity contribution in [1.29, 1.82) is 0 Å². The molecule has 3 rings (SSSR count). The summed E-state index contributed by atoms with van der Waals surface area (Å²) in [6.07, 6.45) is 0.915. The van der Waals surface area contributed by atoms with Gasteiger partial charge in [-0.1, -0.05) is 18.2 Å². The Morgan fingerprint density at radius 3 is 2.78 bits per heavy atom. The average Bonchev–Trinajstić information content (AvgIpc) is 3.04. The van der Waals surface area contributed by atoms with Crippen molar-refractivity contribution in [3.63, 3.8) is 0 Å². The topological polar surface area (TPSA) is 36.1 Å². The summed E-state index contributed by atoms with van der Waals surface area (Å²) in [4.78, 5) is 16.6. The second kappa shape index (κ2) is 4.31. The fourth-order valence-corrected chi connectivity index (χ4v) is 2.81. The molecule has 0 unspecified atom stereocenters. The van der Waals surface area contributed by atoms with Gasteiger partial charge in [0.25, 0.3) is 0 Å². The van der Waals surface area contributed by atoms with Crippen LogP contribution in [-0.4, -0.2) is 18.3 Å². The predicted molar refractivity (Wildman–Crippen MR) is 76.1 cm³/mol. The molecular formula is C14H12N2OS. The number of aldehydes is 1. The van der Waals surface area contributed by atoms with Crippen molar-refractivity contribution in [3.8, 4) is 0 Å². The van der Waals surface area contributed by atoms with Gasteiger partial charge in [-0.05, 0) is 23.6 Å². The number of aromatic amines is 1. The van der Waals surface area contributed by atoms with Crippen molar-refractivity contribution in [1.82, 2.24) is 4.98 Å². The van der Waals surface area contributed by atoms with E-state index in [1.165, 1.54) is 0 Å². The van der Waals surface area contributed by atoms with E-state index in [-0.39, 0.29) is 0 Å². The Labute approximate surface area is 109 Å². The number of benzene rings is 1. The van der Waals surface area contributed by atoms with Crippen LogP contribution < -0.4 is 4.90 Å². The van der Waals surface area contributed by atoms with Crippen LogP contribution in [0.2, 0.25) is 0 Å². The average molecular weight is 256 g/mol. The summed E-state index contributed by atoms with van der Waals surface area (Å²) in [5.74, 6) is 0.841. The first-order valence-electron chi connectivity index (χ1n) is 5.64. The molecule has 1 aromatic carbocycles. The minimum absolute atomic E-state index is 0.710. The third-order valence-electron chi connectivity index (χ3n) is 3.02. The van der Waals surface area contributed by atoms with Gasteiger partial charge in [-0.2, -0.15) is 0 Å². The Balaban J connectivity index is 2.20. The first-order valence-corrected chi connectivity index (χ1v) is 6.52. The van der Waals surface area contributed by atoms with Gasteiger partial charge in [-0.25, -0.2) is 0 Å². The highest BCUT2D eigenvalue weighted by atomic mass is 32.1. The summed E-state index contributed by atoms with van der Waals surface area (Å²) < 4.78 is 0. The number of nitrogens with zero attached hydrogens (tertiary/aromatic N) is 1. The van der Waals surface area contributed by atoms with E-state index < -0.39 is 0 Å². The maximum atomic E-state index is 11.3. The minimum atomic E-state index is 0.710. The lowest BCUT2D eigenvalue weighted by atomic mass is 10.2. The monoisotopic (exact) mass is 256 g/mol. The van der Waals surface area contributed by atoms with E-state index in [9.17, 15) is 4.79 Å². The zero-order chi connectivity index (χ0) is 12.5. The maximum absolute atomic E-state index is 11.3. The van der Waals surface area contributed by atoms with E-state index >= 15 is 0 Å². The fraction of sp³-hybridized carbons (Fsp3) is 0.0714. The second-order valence-corrected chi connectivity index (χ2v) is 4.99. The third kappa shape index (κ3) is 1.62. The second-order valence-electron chi connectivity index (χ2n) is 4.06. The first-order chi connectivity index (χ1) is 8.81. The van der Waals surface area contributed by atoms with E-state index in [1.54, 1.807) is 11.3 Å². The van der Waals surface area contributed by atoms with E-state index in [0.717, 1.165) is 28.0 Å². The number of thiophene rings is 1. The van der Waals surface area contributed by atoms with E-state index in [2.05, 4.69) is 4.98 Å². The number of fused-ring (bicyclic) bond motifs is 1. The fourth-order valence-electron chi connectivity index (χ4n) is 2.10. The molecule has 0 spiro atoms. The van der Waals surface area contributed by atoms with Crippen LogP contribution in [0.3, 0.4) is 0 Å². The van der Waals surface area contributed by atoms with Crippen LogP contribution in [0.25, 0.3) is 10.9 Å². The number of aromatic nitrogens is 1. The summed E-state index contributed by atoms with van der Waals surface area (Å²) in [6, 6.07) is 11.9. The lowest BCUT2D eigenvalue weighted by Gasteiger charge is -2.15. The van der Waals surface area contributed by atoms with Crippen molar-refractivity contribution < 1.29 is 4.79 Å². The summed E-state index contributed by atoms with van der Waals surface area (Å²) in [5.41, 5.74) is 1.69. The molecule has 18 heavy (non-hydrogen) atoms. The smallest absolute Gasteiger partial charge is 0.154 e. The molecule has 0 atom stereocenters. The number of nitrogens with one attached hydrogen (secondary N) is 1. The van der Waals surface area contributed by atoms with Crippen LogP contribution in [0.5, 0.6) is 0 Å². The third-order valence-corrected chi connectivity index (χ3v) is 3.96. The first kappa shape index (κ1) is 11.0. The van der Waals surface area contributed by atoms with Crippen molar-refractivity contribution in [2.75, 3.05) is 11.9 Å². The summed E-state index contributed by atoms with van der Waals surface area (Å²) >= 11 is 1.64. The van der Waals surface area contributed by atoms with Gasteiger partial charge in [0.05, 0.1) is 10.6 Å². The van der Waals surface area contributed by atoms with Gasteiger partial charge in [0.1, 0.15) is 5.82 Å². The molecule has 0 saturated carbocycles. The molecule has 0 fully saturated rings. The summed E-state index contributed by atoms with van der Waals surface area (Å²) in [5, 5.41) is 4.09. The summed E-state index contributed by atoms with van der Waals surface area (Å²) in [6.45, 7) is 0. The Morgan fingerprint density at radius 2 is 2.06 bits per heavy atom. The van der Waals surface area contributed by atoms with Gasteiger partial charge in [0, 0.05) is 18.0 Å². The highest BCUT2D eigenvalue weighted by molar-refractivity contribution is 7.14. The van der Waals surface area contributed by atoms with Crippen LogP contribution in [0.4, 0.5) is 10.8 Å². The van der Waals surface area contributed by atoms with Gasteiger partial charge in [0.15, 0.2) is 6.29 Å². The van der Waals surface area contributed by atoms with Gasteiger partial charge < -0.3 is 9.88 Å². The Morgan fingerprint density at radius 1 is 1.22 bits per heavy atom. The summed E-state index contributed by atoms with van der Waals surface area (Å²) in [7, 11) is 1.96. The number of anilines is 2. The highest BCUT2D eigenvalue weighted by Crippen LogP contribution is 2.33. The van der Waals surface area contributed by atoms with Crippen LogP contribution in [-0.2, 0) is 0 Å². The number of H-pyrrole nitrogens is 1. The molecule has 0 aliphatic rings. The highest BCUT2D eigenvalue weighted by Gasteiger charge is 2.15. The lowest BCUT2D eigenvalue weighted by molar-refractivity contribution is 0.112. The SMILES string of the molecule is CN(c1cccs1)c1[nH]c2ccccc2c1C=O. The molecular weight excluding hydrogens is 244 g/mol. The number of hydrogen-bond donors (Lipinski definition) is 1. The van der Waals surface area contributed by atoms with Gasteiger partial charge in [-0.3, -0.25) is 4.79 Å². The number of carbonyl (C=O) groups excluding carboxylic acids is 1. The van der Waals surface area contributed by atoms with Crippen LogP contribution in [0.1, 0.15) is 10.4 Å². The molecule has 3 aromatic rings. The molecule has 0 saturated heterocycles. The quantitative estimate of drug-likeness (QED) is 0.723. The molecule has 2 aromatic heterocycles. The van der Waals surface area contributed by atoms with Crippen molar-refractivity contribution in [2.24, 2.45) is 0 Å². The van der Waals surface area contributed by atoms with Crippen molar-refractivity contribution in [3.05, 3.63) is 47.3 Å². The van der Waals surface area contributed by atoms with Crippen LogP contribution in [0.15, 0.2) is 41.8 Å². The minimum Gasteiger partial charge on any atom is -0.340 e. The zero-order valence-electron chi connectivity index (χ0n) is 9.88. The molecule has 0 radical (unpaired) electrons. The Kier molecular flexibility index (Phi) is 2.64. The predicted octanol–water partition coefficient (Wildman–Crippen LogP) is 3.81. The Bertz CT molecular complexity index is 685. The molecule has 1 N–H and O–H groups in total. The largest absolute Gasteiger partial charge is 0.340 e. The van der Waals surface area contributed by atoms with Gasteiger partial charge in [-0.15, -0.1) is 11.3 Å². The normalized spacial score (nSPS) is 10.7. The molecule has 2 heterocycles. The van der Waals surface area contributed by atoms with E-state index in [4.69, 9.17) is 0 Å². The van der Waals surface area contributed by atoms with Crippen LogP contribution >= 0.6 is 11.3 Å². The van der Waals surface area contributed by atoms with Gasteiger partial charge >= 0.3 is 0 Å². The molecule has 0 aliphatic heterocycles. The van der Waals surface area contributed by atoms with Gasteiger partial charge in [0.2, 0.25) is 0 Å². The molecule has 0 bridgehead atoms. The molecule has 3 nitrogen and oxygen atoms in total. The Hall–Kier alpha value is -2.07. The van der Waals surface area contributed by atoms with E-state index in [0.29, 0.717) is 5.56 Å². The number of para-hydroxylation sites is 1. The number of hydrogen-bond acceptors (Lipinski definition) is 3. The number of rotatable bonds is 3. The number of carbonyl (C=O) groups is 1.